The van der Waals surface area contributed by atoms with Gasteiger partial charge in [-0.3, -0.25) is 14.9 Å². The Morgan fingerprint density at radius 3 is 2.32 bits per heavy atom. The largest absolute Gasteiger partial charge is 0.493 e. The third-order valence-electron chi connectivity index (χ3n) is 4.12. The van der Waals surface area contributed by atoms with Crippen LogP contribution in [0.4, 0.5) is 5.69 Å². The summed E-state index contributed by atoms with van der Waals surface area (Å²) in [6, 6.07) is 18.4. The zero-order valence-electron chi connectivity index (χ0n) is 16.3. The highest BCUT2D eigenvalue weighted by molar-refractivity contribution is 5.95. The first kappa shape index (κ1) is 21.2. The Morgan fingerprint density at radius 1 is 0.968 bits per heavy atom. The molecule has 0 heterocycles. The van der Waals surface area contributed by atoms with Gasteiger partial charge in [0.1, 0.15) is 0 Å². The van der Waals surface area contributed by atoms with Gasteiger partial charge in [-0.05, 0) is 48.0 Å². The van der Waals surface area contributed by atoms with E-state index in [1.807, 2.05) is 6.07 Å². The van der Waals surface area contributed by atoms with Gasteiger partial charge in [0.2, 0.25) is 0 Å². The van der Waals surface area contributed by atoms with Gasteiger partial charge in [-0.1, -0.05) is 18.2 Å². The first-order valence-electron chi connectivity index (χ1n) is 9.01. The highest BCUT2D eigenvalue weighted by atomic mass is 16.6. The van der Waals surface area contributed by atoms with Crippen LogP contribution in [0.1, 0.15) is 26.3 Å². The topological polar surface area (TPSA) is 120 Å². The molecule has 0 saturated heterocycles. The van der Waals surface area contributed by atoms with Crippen LogP contribution in [0.25, 0.3) is 0 Å². The summed E-state index contributed by atoms with van der Waals surface area (Å²) >= 11 is 0. The molecule has 0 atom stereocenters. The molecule has 0 radical (unpaired) electrons. The van der Waals surface area contributed by atoms with Gasteiger partial charge in [-0.15, -0.1) is 0 Å². The number of carbonyl (C=O) groups is 2. The van der Waals surface area contributed by atoms with Crippen molar-refractivity contribution in [3.63, 3.8) is 0 Å². The predicted molar refractivity (Wildman–Crippen MR) is 113 cm³/mol. The van der Waals surface area contributed by atoms with Gasteiger partial charge in [0, 0.05) is 17.7 Å². The highest BCUT2D eigenvalue weighted by Gasteiger charge is 2.14. The van der Waals surface area contributed by atoms with Crippen LogP contribution < -0.4 is 14.9 Å². The number of rotatable bonds is 7. The van der Waals surface area contributed by atoms with E-state index in [0.29, 0.717) is 11.1 Å². The van der Waals surface area contributed by atoms with Crippen molar-refractivity contribution in [2.24, 2.45) is 5.10 Å². The lowest BCUT2D eigenvalue weighted by atomic mass is 10.2. The summed E-state index contributed by atoms with van der Waals surface area (Å²) in [7, 11) is 1.41. The smallest absolute Gasteiger partial charge is 0.343 e. The van der Waals surface area contributed by atoms with E-state index < -0.39 is 10.9 Å². The zero-order chi connectivity index (χ0) is 22.2. The lowest BCUT2D eigenvalue weighted by molar-refractivity contribution is -0.384. The van der Waals surface area contributed by atoms with Crippen molar-refractivity contribution in [2.75, 3.05) is 7.11 Å². The second-order valence-corrected chi connectivity index (χ2v) is 6.17. The molecular weight excluding hydrogens is 402 g/mol. The predicted octanol–water partition coefficient (Wildman–Crippen LogP) is 3.59. The van der Waals surface area contributed by atoms with Gasteiger partial charge < -0.3 is 9.47 Å². The average molecular weight is 419 g/mol. The molecule has 0 aliphatic rings. The highest BCUT2D eigenvalue weighted by Crippen LogP contribution is 2.28. The molecule has 9 heteroatoms. The maximum Gasteiger partial charge on any atom is 0.343 e. The lowest BCUT2D eigenvalue weighted by Gasteiger charge is -2.10. The van der Waals surface area contributed by atoms with Crippen molar-refractivity contribution >= 4 is 23.8 Å². The fourth-order valence-electron chi connectivity index (χ4n) is 2.55. The maximum absolute atomic E-state index is 12.3. The molecular formula is C22H17N3O6. The standard InChI is InChI=1S/C22H17N3O6/c1-30-20-13-15(14-23-24-21(26)16-5-3-2-4-6-16)7-12-19(20)31-22(27)17-8-10-18(11-9-17)25(28)29/h2-14H,1H3,(H,24,26). The van der Waals surface area contributed by atoms with Crippen LogP contribution >= 0.6 is 0 Å². The van der Waals surface area contributed by atoms with Gasteiger partial charge in [0.25, 0.3) is 11.6 Å². The van der Waals surface area contributed by atoms with E-state index in [4.69, 9.17) is 9.47 Å². The molecule has 3 aromatic rings. The number of hydrogen-bond donors (Lipinski definition) is 1. The molecule has 0 aliphatic carbocycles. The SMILES string of the molecule is COc1cc(C=NNC(=O)c2ccccc2)ccc1OC(=O)c1ccc([N+](=O)[O-])cc1. The van der Waals surface area contributed by atoms with Gasteiger partial charge in [-0.25, -0.2) is 10.2 Å². The van der Waals surface area contributed by atoms with Crippen molar-refractivity contribution in [3.8, 4) is 11.5 Å². The van der Waals surface area contributed by atoms with Crippen LogP contribution in [-0.4, -0.2) is 30.1 Å². The molecule has 0 aliphatic heterocycles. The number of hydrogen-bond acceptors (Lipinski definition) is 7. The molecule has 0 saturated carbocycles. The molecule has 3 aromatic carbocycles. The molecule has 0 bridgehead atoms. The number of nitrogens with zero attached hydrogens (tertiary/aromatic N) is 2. The van der Waals surface area contributed by atoms with E-state index >= 15 is 0 Å². The van der Waals surface area contributed by atoms with Crippen molar-refractivity contribution in [2.45, 2.75) is 0 Å². The normalized spacial score (nSPS) is 10.5. The van der Waals surface area contributed by atoms with Crippen LogP contribution in [-0.2, 0) is 0 Å². The van der Waals surface area contributed by atoms with Gasteiger partial charge in [0.05, 0.1) is 23.8 Å². The summed E-state index contributed by atoms with van der Waals surface area (Å²) < 4.78 is 10.6. The second-order valence-electron chi connectivity index (χ2n) is 6.17. The number of esters is 1. The van der Waals surface area contributed by atoms with E-state index in [1.54, 1.807) is 36.4 Å². The lowest BCUT2D eigenvalue weighted by Crippen LogP contribution is -2.17. The Labute approximate surface area is 177 Å². The van der Waals surface area contributed by atoms with Crippen molar-refractivity contribution in [1.29, 1.82) is 0 Å². The molecule has 0 fully saturated rings. The van der Waals surface area contributed by atoms with Crippen molar-refractivity contribution in [3.05, 3.63) is 99.6 Å². The molecule has 0 aromatic heterocycles. The van der Waals surface area contributed by atoms with Crippen molar-refractivity contribution < 1.29 is 24.0 Å². The molecule has 156 valence electrons. The molecule has 31 heavy (non-hydrogen) atoms. The van der Waals surface area contributed by atoms with Crippen LogP contribution in [0.5, 0.6) is 11.5 Å². The molecule has 1 N–H and O–H groups in total. The third kappa shape index (κ3) is 5.51. The van der Waals surface area contributed by atoms with Crippen molar-refractivity contribution in [1.82, 2.24) is 5.43 Å². The fraction of sp³-hybridized carbons (Fsp3) is 0.0455. The first-order chi connectivity index (χ1) is 15.0. The number of nitro benzene ring substituents is 1. The molecule has 1 amide bonds. The van der Waals surface area contributed by atoms with E-state index in [0.717, 1.165) is 0 Å². The Bertz CT molecular complexity index is 1130. The number of non-ortho nitro benzene ring substituents is 1. The van der Waals surface area contributed by atoms with E-state index in [1.165, 1.54) is 43.7 Å². The Kier molecular flexibility index (Phi) is 6.69. The number of amides is 1. The first-order valence-corrected chi connectivity index (χ1v) is 9.01. The minimum Gasteiger partial charge on any atom is -0.493 e. The Hall–Kier alpha value is -4.53. The number of benzene rings is 3. The van der Waals surface area contributed by atoms with E-state index in [9.17, 15) is 19.7 Å². The quantitative estimate of drug-likeness (QED) is 0.205. The number of methoxy groups -OCH3 is 1. The number of hydrazone groups is 1. The average Bonchev–Trinajstić information content (AvgIpc) is 2.80. The second kappa shape index (κ2) is 9.79. The summed E-state index contributed by atoms with van der Waals surface area (Å²) in [6.07, 6.45) is 1.42. The van der Waals surface area contributed by atoms with Gasteiger partial charge in [0.15, 0.2) is 11.5 Å². The zero-order valence-corrected chi connectivity index (χ0v) is 16.3. The van der Waals surface area contributed by atoms with Crippen LogP contribution in [0.2, 0.25) is 0 Å². The molecule has 0 unspecified atom stereocenters. The minimum absolute atomic E-state index is 0.128. The van der Waals surface area contributed by atoms with E-state index in [2.05, 4.69) is 10.5 Å². The molecule has 9 nitrogen and oxygen atoms in total. The molecule has 0 spiro atoms. The number of carbonyl (C=O) groups excluding carboxylic acids is 2. The summed E-state index contributed by atoms with van der Waals surface area (Å²) in [5.41, 5.74) is 3.52. The van der Waals surface area contributed by atoms with Crippen LogP contribution in [0.3, 0.4) is 0 Å². The third-order valence-corrected chi connectivity index (χ3v) is 4.12. The Balaban J connectivity index is 1.67. The van der Waals surface area contributed by atoms with E-state index in [-0.39, 0.29) is 28.7 Å². The fourth-order valence-corrected chi connectivity index (χ4v) is 2.55. The summed E-state index contributed by atoms with van der Waals surface area (Å²) in [5.74, 6) is -0.605. The van der Waals surface area contributed by atoms with Crippen LogP contribution in [0.15, 0.2) is 77.9 Å². The maximum atomic E-state index is 12.3. The summed E-state index contributed by atoms with van der Waals surface area (Å²) in [6.45, 7) is 0. The number of nitro groups is 1. The number of ether oxygens (including phenoxy) is 2. The number of nitrogens with one attached hydrogen (secondary N) is 1. The van der Waals surface area contributed by atoms with Crippen LogP contribution in [0, 0.1) is 10.1 Å². The summed E-state index contributed by atoms with van der Waals surface area (Å²) in [5, 5.41) is 14.6. The summed E-state index contributed by atoms with van der Waals surface area (Å²) in [4.78, 5) is 34.4. The molecule has 3 rings (SSSR count). The monoisotopic (exact) mass is 419 g/mol. The minimum atomic E-state index is -0.690. The van der Waals surface area contributed by atoms with Gasteiger partial charge in [-0.2, -0.15) is 5.10 Å². The van der Waals surface area contributed by atoms with Gasteiger partial charge >= 0.3 is 5.97 Å². The Morgan fingerprint density at radius 2 is 1.68 bits per heavy atom.